The van der Waals surface area contributed by atoms with Gasteiger partial charge in [-0.15, -0.1) is 23.1 Å². The van der Waals surface area contributed by atoms with Crippen LogP contribution in [0.1, 0.15) is 29.8 Å². The van der Waals surface area contributed by atoms with Gasteiger partial charge < -0.3 is 9.40 Å². The SMILES string of the molecule is CSc1sc2c(c1-c1ccccc1)-n1cccc1C2=NOCCN1CCCCC1. The number of likely N-dealkylation sites (tertiary alicyclic amines) is 1. The first-order valence-electron chi connectivity index (χ1n) is 10.2. The normalized spacial score (nSPS) is 17.5. The first kappa shape index (κ1) is 19.0. The van der Waals surface area contributed by atoms with Crippen LogP contribution in [0.25, 0.3) is 16.8 Å². The third-order valence-corrected chi connectivity index (χ3v) is 7.95. The molecule has 1 aromatic carbocycles. The van der Waals surface area contributed by atoms with Crippen LogP contribution in [0.2, 0.25) is 0 Å². The molecule has 0 bridgehead atoms. The van der Waals surface area contributed by atoms with Crippen molar-refractivity contribution >= 4 is 28.8 Å². The number of hydrogen-bond acceptors (Lipinski definition) is 5. The Morgan fingerprint density at radius 1 is 1.07 bits per heavy atom. The van der Waals surface area contributed by atoms with Gasteiger partial charge in [0.25, 0.3) is 0 Å². The van der Waals surface area contributed by atoms with E-state index in [2.05, 4.69) is 69.5 Å². The Bertz CT molecular complexity index is 1020. The van der Waals surface area contributed by atoms with Crippen molar-refractivity contribution in [3.63, 3.8) is 0 Å². The van der Waals surface area contributed by atoms with E-state index < -0.39 is 0 Å². The Morgan fingerprint density at radius 2 is 1.90 bits per heavy atom. The topological polar surface area (TPSA) is 29.8 Å². The zero-order valence-corrected chi connectivity index (χ0v) is 18.3. The fourth-order valence-corrected chi connectivity index (χ4v) is 6.27. The summed E-state index contributed by atoms with van der Waals surface area (Å²) in [7, 11) is 0. The lowest BCUT2D eigenvalue weighted by Gasteiger charge is -2.25. The van der Waals surface area contributed by atoms with Gasteiger partial charge in [-0.3, -0.25) is 4.90 Å². The summed E-state index contributed by atoms with van der Waals surface area (Å²) in [5.74, 6) is 0. The van der Waals surface area contributed by atoms with Crippen LogP contribution in [0, 0.1) is 0 Å². The number of hydrogen-bond donors (Lipinski definition) is 0. The number of oxime groups is 1. The van der Waals surface area contributed by atoms with Gasteiger partial charge in [-0.1, -0.05) is 41.9 Å². The largest absolute Gasteiger partial charge is 0.394 e. The van der Waals surface area contributed by atoms with Crippen LogP contribution in [-0.4, -0.2) is 47.7 Å². The highest BCUT2D eigenvalue weighted by Crippen LogP contribution is 2.48. The molecule has 0 unspecified atom stereocenters. The van der Waals surface area contributed by atoms with Crippen LogP contribution in [0.3, 0.4) is 0 Å². The van der Waals surface area contributed by atoms with E-state index in [0.29, 0.717) is 6.61 Å². The summed E-state index contributed by atoms with van der Waals surface area (Å²) in [5.41, 5.74) is 5.87. The number of nitrogens with zero attached hydrogens (tertiary/aromatic N) is 3. The molecule has 4 heterocycles. The average molecular weight is 424 g/mol. The van der Waals surface area contributed by atoms with Gasteiger partial charge in [0.1, 0.15) is 12.3 Å². The van der Waals surface area contributed by atoms with Gasteiger partial charge in [0.15, 0.2) is 0 Å². The van der Waals surface area contributed by atoms with Gasteiger partial charge in [0.05, 0.1) is 20.5 Å². The Labute approximate surface area is 180 Å². The molecule has 0 aliphatic carbocycles. The molecule has 0 radical (unpaired) electrons. The highest BCUT2D eigenvalue weighted by Gasteiger charge is 2.32. The number of piperidine rings is 1. The summed E-state index contributed by atoms with van der Waals surface area (Å²) in [5, 5.41) is 4.62. The predicted molar refractivity (Wildman–Crippen MR) is 123 cm³/mol. The Kier molecular flexibility index (Phi) is 5.48. The number of fused-ring (bicyclic) bond motifs is 3. The van der Waals surface area contributed by atoms with Gasteiger partial charge in [0.2, 0.25) is 0 Å². The number of thiophene rings is 1. The van der Waals surface area contributed by atoms with E-state index in [4.69, 9.17) is 4.84 Å². The van der Waals surface area contributed by atoms with Crippen LogP contribution >= 0.6 is 23.1 Å². The van der Waals surface area contributed by atoms with Gasteiger partial charge in [-0.25, -0.2) is 0 Å². The molecule has 3 aromatic rings. The first-order chi connectivity index (χ1) is 14.4. The standard InChI is InChI=1S/C23H25N3OS2/c1-28-23-19(17-9-4-2-5-10-17)21-22(29-23)20(18-11-8-14-26(18)21)24-27-16-15-25-12-6-3-7-13-25/h2,4-5,8-11,14H,3,6-7,12-13,15-16H2,1H3. The van der Waals surface area contributed by atoms with Crippen molar-refractivity contribution < 1.29 is 4.84 Å². The zero-order valence-electron chi connectivity index (χ0n) is 16.6. The van der Waals surface area contributed by atoms with Crippen molar-refractivity contribution in [2.75, 3.05) is 32.5 Å². The molecular weight excluding hydrogens is 398 g/mol. The van der Waals surface area contributed by atoms with E-state index >= 15 is 0 Å². The molecule has 5 rings (SSSR count). The van der Waals surface area contributed by atoms with Crippen molar-refractivity contribution in [3.8, 4) is 16.8 Å². The van der Waals surface area contributed by atoms with Crippen LogP contribution in [0.15, 0.2) is 58.0 Å². The lowest BCUT2D eigenvalue weighted by atomic mass is 10.1. The molecule has 0 N–H and O–H groups in total. The number of thioether (sulfide) groups is 1. The molecule has 2 aromatic heterocycles. The van der Waals surface area contributed by atoms with Crippen molar-refractivity contribution in [2.24, 2.45) is 5.16 Å². The molecule has 0 atom stereocenters. The van der Waals surface area contributed by atoms with Crippen LogP contribution in [-0.2, 0) is 4.84 Å². The highest BCUT2D eigenvalue weighted by atomic mass is 32.2. The molecule has 2 aliphatic heterocycles. The van der Waals surface area contributed by atoms with E-state index in [1.807, 2.05) is 11.3 Å². The third-order valence-electron chi connectivity index (χ3n) is 5.65. The minimum atomic E-state index is 0.645. The molecule has 29 heavy (non-hydrogen) atoms. The van der Waals surface area contributed by atoms with Gasteiger partial charge >= 0.3 is 0 Å². The minimum Gasteiger partial charge on any atom is -0.394 e. The predicted octanol–water partition coefficient (Wildman–Crippen LogP) is 5.50. The van der Waals surface area contributed by atoms with E-state index in [1.54, 1.807) is 11.8 Å². The third kappa shape index (κ3) is 3.54. The molecule has 2 aliphatic rings. The molecule has 1 fully saturated rings. The average Bonchev–Trinajstić information content (AvgIpc) is 3.45. The number of rotatable bonds is 6. The van der Waals surface area contributed by atoms with Crippen molar-refractivity contribution in [1.29, 1.82) is 0 Å². The van der Waals surface area contributed by atoms with Crippen LogP contribution in [0.5, 0.6) is 0 Å². The fraction of sp³-hybridized carbons (Fsp3) is 0.348. The summed E-state index contributed by atoms with van der Waals surface area (Å²) >= 11 is 3.62. The fourth-order valence-electron chi connectivity index (χ4n) is 4.23. The summed E-state index contributed by atoms with van der Waals surface area (Å²) in [6.45, 7) is 3.98. The summed E-state index contributed by atoms with van der Waals surface area (Å²) in [4.78, 5) is 9.52. The van der Waals surface area contributed by atoms with Gasteiger partial charge in [-0.05, 0) is 49.9 Å². The smallest absolute Gasteiger partial charge is 0.146 e. The number of aromatic nitrogens is 1. The Morgan fingerprint density at radius 3 is 2.69 bits per heavy atom. The second-order valence-electron chi connectivity index (χ2n) is 7.45. The molecule has 6 heteroatoms. The van der Waals surface area contributed by atoms with E-state index in [-0.39, 0.29) is 0 Å². The Balaban J connectivity index is 1.45. The van der Waals surface area contributed by atoms with Crippen molar-refractivity contribution in [2.45, 2.75) is 23.5 Å². The molecule has 150 valence electrons. The van der Waals surface area contributed by atoms with Crippen molar-refractivity contribution in [3.05, 3.63) is 59.2 Å². The van der Waals surface area contributed by atoms with Gasteiger partial charge in [0, 0.05) is 18.3 Å². The van der Waals surface area contributed by atoms with Gasteiger partial charge in [-0.2, -0.15) is 0 Å². The molecular formula is C23H25N3OS2. The summed E-state index contributed by atoms with van der Waals surface area (Å²) in [6, 6.07) is 14.9. The maximum absolute atomic E-state index is 5.82. The molecule has 4 nitrogen and oxygen atoms in total. The molecule has 0 amide bonds. The maximum atomic E-state index is 5.82. The summed E-state index contributed by atoms with van der Waals surface area (Å²) in [6.07, 6.45) is 8.25. The lowest BCUT2D eigenvalue weighted by molar-refractivity contribution is 0.103. The first-order valence-corrected chi connectivity index (χ1v) is 12.3. The quantitative estimate of drug-likeness (QED) is 0.233. The second-order valence-corrected chi connectivity index (χ2v) is 9.55. The second kappa shape index (κ2) is 8.38. The molecule has 0 spiro atoms. The monoisotopic (exact) mass is 423 g/mol. The Hall–Kier alpha value is -2.02. The van der Waals surface area contributed by atoms with Crippen LogP contribution in [0.4, 0.5) is 0 Å². The summed E-state index contributed by atoms with van der Waals surface area (Å²) < 4.78 is 3.59. The zero-order chi connectivity index (χ0) is 19.6. The van der Waals surface area contributed by atoms with Crippen LogP contribution < -0.4 is 0 Å². The number of benzene rings is 1. The molecule has 0 saturated carbocycles. The van der Waals surface area contributed by atoms with Crippen molar-refractivity contribution in [1.82, 2.24) is 9.47 Å². The maximum Gasteiger partial charge on any atom is 0.146 e. The lowest BCUT2D eigenvalue weighted by Crippen LogP contribution is -2.32. The van der Waals surface area contributed by atoms with E-state index in [1.165, 1.54) is 58.3 Å². The highest BCUT2D eigenvalue weighted by molar-refractivity contribution is 8.00. The van der Waals surface area contributed by atoms with E-state index in [9.17, 15) is 0 Å². The minimum absolute atomic E-state index is 0.645. The van der Waals surface area contributed by atoms with E-state index in [0.717, 1.165) is 18.0 Å². The molecule has 1 saturated heterocycles.